The number of nitrogen functional groups attached to an aromatic ring is 1. The highest BCUT2D eigenvalue weighted by Gasteiger charge is 2.08. The second-order valence-corrected chi connectivity index (χ2v) is 5.34. The van der Waals surface area contributed by atoms with Gasteiger partial charge < -0.3 is 11.1 Å². The normalized spacial score (nSPS) is 10.3. The first-order valence-corrected chi connectivity index (χ1v) is 6.70. The number of rotatable bonds is 2. The van der Waals surface area contributed by atoms with Gasteiger partial charge in [-0.15, -0.1) is 0 Å². The van der Waals surface area contributed by atoms with Crippen molar-refractivity contribution in [3.63, 3.8) is 0 Å². The van der Waals surface area contributed by atoms with Crippen LogP contribution in [0.15, 0.2) is 40.9 Å². The molecule has 0 aromatic heterocycles. The van der Waals surface area contributed by atoms with Crippen molar-refractivity contribution in [2.24, 2.45) is 0 Å². The van der Waals surface area contributed by atoms with Crippen molar-refractivity contribution < 1.29 is 4.79 Å². The Kier molecular flexibility index (Phi) is 3.90. The molecule has 98 valence electrons. The first-order chi connectivity index (χ1) is 8.97. The van der Waals surface area contributed by atoms with Crippen LogP contribution in [0, 0.1) is 13.8 Å². The van der Waals surface area contributed by atoms with Crippen molar-refractivity contribution in [3.05, 3.63) is 57.6 Å². The van der Waals surface area contributed by atoms with Gasteiger partial charge in [-0.1, -0.05) is 22.0 Å². The van der Waals surface area contributed by atoms with E-state index in [2.05, 4.69) is 21.2 Å². The van der Waals surface area contributed by atoms with Crippen LogP contribution in [-0.2, 0) is 0 Å². The molecule has 0 aliphatic carbocycles. The molecule has 0 fully saturated rings. The lowest BCUT2D eigenvalue weighted by Crippen LogP contribution is -2.12. The lowest BCUT2D eigenvalue weighted by molar-refractivity contribution is 0.102. The summed E-state index contributed by atoms with van der Waals surface area (Å²) >= 11 is 3.45. The van der Waals surface area contributed by atoms with Gasteiger partial charge in [0.1, 0.15) is 0 Å². The molecule has 2 aromatic rings. The van der Waals surface area contributed by atoms with E-state index < -0.39 is 0 Å². The summed E-state index contributed by atoms with van der Waals surface area (Å²) in [5, 5.41) is 2.86. The number of aryl methyl sites for hydroxylation is 2. The van der Waals surface area contributed by atoms with Crippen molar-refractivity contribution in [2.75, 3.05) is 11.1 Å². The number of carbonyl (C=O) groups excluding carboxylic acids is 1. The van der Waals surface area contributed by atoms with Gasteiger partial charge in [-0.3, -0.25) is 4.79 Å². The minimum absolute atomic E-state index is 0.140. The first-order valence-electron chi connectivity index (χ1n) is 5.91. The van der Waals surface area contributed by atoms with Crippen LogP contribution in [0.5, 0.6) is 0 Å². The molecule has 0 unspecified atom stereocenters. The van der Waals surface area contributed by atoms with Crippen LogP contribution in [0.2, 0.25) is 0 Å². The van der Waals surface area contributed by atoms with E-state index in [4.69, 9.17) is 5.73 Å². The van der Waals surface area contributed by atoms with E-state index in [0.29, 0.717) is 11.3 Å². The fraction of sp³-hybridized carbons (Fsp3) is 0.133. The number of hydrogen-bond donors (Lipinski definition) is 2. The molecule has 0 bridgehead atoms. The summed E-state index contributed by atoms with van der Waals surface area (Å²) in [7, 11) is 0. The second-order valence-electron chi connectivity index (χ2n) is 4.49. The van der Waals surface area contributed by atoms with Crippen LogP contribution < -0.4 is 11.1 Å². The van der Waals surface area contributed by atoms with Gasteiger partial charge in [-0.25, -0.2) is 0 Å². The standard InChI is InChI=1S/C15H15BrN2O/c1-9-3-5-12(8-13(9)16)18-15(19)11-4-6-14(17)10(2)7-11/h3-8H,17H2,1-2H3,(H,18,19). The van der Waals surface area contributed by atoms with E-state index in [-0.39, 0.29) is 5.91 Å². The lowest BCUT2D eigenvalue weighted by Gasteiger charge is -2.08. The van der Waals surface area contributed by atoms with Crippen molar-refractivity contribution in [1.29, 1.82) is 0 Å². The molecule has 19 heavy (non-hydrogen) atoms. The van der Waals surface area contributed by atoms with Gasteiger partial charge in [0, 0.05) is 21.4 Å². The molecule has 0 atom stereocenters. The predicted molar refractivity (Wildman–Crippen MR) is 82.4 cm³/mol. The van der Waals surface area contributed by atoms with Crippen LogP contribution >= 0.6 is 15.9 Å². The Balaban J connectivity index is 2.20. The Labute approximate surface area is 121 Å². The fourth-order valence-corrected chi connectivity index (χ4v) is 2.07. The van der Waals surface area contributed by atoms with Crippen LogP contribution in [-0.4, -0.2) is 5.91 Å². The highest BCUT2D eigenvalue weighted by molar-refractivity contribution is 9.10. The van der Waals surface area contributed by atoms with Gasteiger partial charge in [0.25, 0.3) is 5.91 Å². The zero-order chi connectivity index (χ0) is 14.0. The zero-order valence-electron chi connectivity index (χ0n) is 10.8. The van der Waals surface area contributed by atoms with Gasteiger partial charge in [-0.2, -0.15) is 0 Å². The molecule has 0 spiro atoms. The summed E-state index contributed by atoms with van der Waals surface area (Å²) < 4.78 is 0.971. The number of anilines is 2. The van der Waals surface area contributed by atoms with Crippen molar-refractivity contribution >= 4 is 33.2 Å². The Morgan fingerprint density at radius 2 is 1.84 bits per heavy atom. The van der Waals surface area contributed by atoms with Crippen molar-refractivity contribution in [1.82, 2.24) is 0 Å². The highest BCUT2D eigenvalue weighted by Crippen LogP contribution is 2.21. The summed E-state index contributed by atoms with van der Waals surface area (Å²) in [6.45, 7) is 3.88. The molecule has 0 heterocycles. The molecule has 3 nitrogen and oxygen atoms in total. The molecule has 0 saturated heterocycles. The molecule has 3 N–H and O–H groups in total. The molecule has 2 aromatic carbocycles. The fourth-order valence-electron chi connectivity index (χ4n) is 1.69. The predicted octanol–water partition coefficient (Wildman–Crippen LogP) is 3.90. The average Bonchev–Trinajstić information content (AvgIpc) is 2.37. The van der Waals surface area contributed by atoms with E-state index in [1.165, 1.54) is 0 Å². The van der Waals surface area contributed by atoms with Gasteiger partial charge >= 0.3 is 0 Å². The SMILES string of the molecule is Cc1cc(C(=O)Nc2ccc(C)c(Br)c2)ccc1N. The van der Waals surface area contributed by atoms with Crippen LogP contribution in [0.3, 0.4) is 0 Å². The number of halogens is 1. The molecule has 0 radical (unpaired) electrons. The van der Waals surface area contributed by atoms with Crippen molar-refractivity contribution in [2.45, 2.75) is 13.8 Å². The molecule has 1 amide bonds. The summed E-state index contributed by atoms with van der Waals surface area (Å²) in [5.41, 5.74) is 9.82. The van der Waals surface area contributed by atoms with E-state index >= 15 is 0 Å². The molecule has 2 rings (SSSR count). The zero-order valence-corrected chi connectivity index (χ0v) is 12.4. The average molecular weight is 319 g/mol. The second kappa shape index (κ2) is 5.45. The molecule has 0 saturated carbocycles. The van der Waals surface area contributed by atoms with Gasteiger partial charge in [0.2, 0.25) is 0 Å². The Hall–Kier alpha value is -1.81. The van der Waals surface area contributed by atoms with Crippen LogP contribution in [0.4, 0.5) is 11.4 Å². The number of carbonyl (C=O) groups is 1. The largest absolute Gasteiger partial charge is 0.399 e. The van der Waals surface area contributed by atoms with E-state index in [1.54, 1.807) is 18.2 Å². The monoisotopic (exact) mass is 318 g/mol. The number of amides is 1. The van der Waals surface area contributed by atoms with Crippen molar-refractivity contribution in [3.8, 4) is 0 Å². The summed E-state index contributed by atoms with van der Waals surface area (Å²) in [5.74, 6) is -0.140. The summed E-state index contributed by atoms with van der Waals surface area (Å²) in [4.78, 5) is 12.1. The maximum Gasteiger partial charge on any atom is 0.255 e. The number of nitrogens with one attached hydrogen (secondary N) is 1. The summed E-state index contributed by atoms with van der Waals surface area (Å²) in [6.07, 6.45) is 0. The third kappa shape index (κ3) is 3.15. The maximum atomic E-state index is 12.1. The topological polar surface area (TPSA) is 55.1 Å². The number of hydrogen-bond acceptors (Lipinski definition) is 2. The van der Waals surface area contributed by atoms with E-state index in [1.807, 2.05) is 32.0 Å². The smallest absolute Gasteiger partial charge is 0.255 e. The first kappa shape index (κ1) is 13.6. The van der Waals surface area contributed by atoms with Gasteiger partial charge in [-0.05, 0) is 55.3 Å². The lowest BCUT2D eigenvalue weighted by atomic mass is 10.1. The maximum absolute atomic E-state index is 12.1. The Morgan fingerprint density at radius 3 is 2.47 bits per heavy atom. The Bertz CT molecular complexity index is 638. The molecule has 4 heteroatoms. The Morgan fingerprint density at radius 1 is 1.11 bits per heavy atom. The molecule has 0 aliphatic rings. The van der Waals surface area contributed by atoms with Gasteiger partial charge in [0.05, 0.1) is 0 Å². The number of benzene rings is 2. The summed E-state index contributed by atoms with van der Waals surface area (Å²) in [6, 6.07) is 11.0. The molecular formula is C15H15BrN2O. The third-order valence-electron chi connectivity index (χ3n) is 2.96. The molecular weight excluding hydrogens is 304 g/mol. The minimum Gasteiger partial charge on any atom is -0.399 e. The minimum atomic E-state index is -0.140. The third-order valence-corrected chi connectivity index (χ3v) is 3.82. The van der Waals surface area contributed by atoms with Gasteiger partial charge in [0.15, 0.2) is 0 Å². The van der Waals surface area contributed by atoms with E-state index in [0.717, 1.165) is 21.3 Å². The van der Waals surface area contributed by atoms with Crippen LogP contribution in [0.25, 0.3) is 0 Å². The quantitative estimate of drug-likeness (QED) is 0.825. The molecule has 0 aliphatic heterocycles. The van der Waals surface area contributed by atoms with Crippen LogP contribution in [0.1, 0.15) is 21.5 Å². The van der Waals surface area contributed by atoms with E-state index in [9.17, 15) is 4.79 Å². The number of nitrogens with two attached hydrogens (primary N) is 1. The highest BCUT2D eigenvalue weighted by atomic mass is 79.9.